The molecule has 0 amide bonds. The van der Waals surface area contributed by atoms with E-state index in [4.69, 9.17) is 16.9 Å². The molecule has 0 aromatic rings. The highest BCUT2D eigenvalue weighted by atomic mass is 16.1. The second-order valence-electron chi connectivity index (χ2n) is 1.72. The second-order valence-corrected chi connectivity index (χ2v) is 1.72. The van der Waals surface area contributed by atoms with Crippen molar-refractivity contribution < 1.29 is 4.79 Å². The summed E-state index contributed by atoms with van der Waals surface area (Å²) in [5, 5.41) is 6.56. The molecule has 0 aliphatic rings. The fourth-order valence-corrected chi connectivity index (χ4v) is 0.383. The largest absolute Gasteiger partial charge is 0.328 e. The highest BCUT2D eigenvalue weighted by Crippen LogP contribution is 1.82. The smallest absolute Gasteiger partial charge is 0.156 e. The quantitative estimate of drug-likeness (QED) is 0.420. The van der Waals surface area contributed by atoms with Gasteiger partial charge in [0, 0.05) is 19.2 Å². The summed E-state index contributed by atoms with van der Waals surface area (Å²) < 4.78 is 0. The van der Waals surface area contributed by atoms with Crippen molar-refractivity contribution in [3.63, 3.8) is 0 Å². The van der Waals surface area contributed by atoms with Gasteiger partial charge in [0.1, 0.15) is 0 Å². The third kappa shape index (κ3) is 2.94. The van der Waals surface area contributed by atoms with Crippen molar-refractivity contribution in [1.29, 1.82) is 5.41 Å². The lowest BCUT2D eigenvalue weighted by molar-refractivity contribution is -0.118. The van der Waals surface area contributed by atoms with Crippen LogP contribution in [0.5, 0.6) is 0 Å². The lowest BCUT2D eigenvalue weighted by atomic mass is 10.1. The van der Waals surface area contributed by atoms with Gasteiger partial charge in [-0.25, -0.2) is 0 Å². The highest BCUT2D eigenvalue weighted by Gasteiger charge is 2.08. The molecule has 4 heteroatoms. The zero-order valence-corrected chi connectivity index (χ0v) is 5.13. The summed E-state index contributed by atoms with van der Waals surface area (Å²) in [5.74, 6) is -0.174. The normalized spacial score (nSPS) is 12.7. The molecule has 5 N–H and O–H groups in total. The molecule has 0 saturated heterocycles. The Kier molecular flexibility index (Phi) is 3.83. The van der Waals surface area contributed by atoms with Crippen LogP contribution in [-0.4, -0.2) is 24.6 Å². The van der Waals surface area contributed by atoms with E-state index < -0.39 is 6.04 Å². The minimum absolute atomic E-state index is 0.0956. The Morgan fingerprint density at radius 1 is 1.78 bits per heavy atom. The molecular formula is C5H11N3O. The van der Waals surface area contributed by atoms with Crippen LogP contribution in [0.25, 0.3) is 0 Å². The molecule has 0 aromatic heterocycles. The van der Waals surface area contributed by atoms with E-state index in [0.29, 0.717) is 0 Å². The van der Waals surface area contributed by atoms with Gasteiger partial charge in [0.25, 0.3) is 0 Å². The lowest BCUT2D eigenvalue weighted by Crippen LogP contribution is -2.37. The molecule has 0 aliphatic heterocycles. The lowest BCUT2D eigenvalue weighted by Gasteiger charge is -2.02. The standard InChI is InChI=1S/C5H11N3O/c6-2-1-5(9)4(8)3-7/h2,4,6H,1,3,7-8H2. The van der Waals surface area contributed by atoms with Crippen LogP contribution in [0.15, 0.2) is 0 Å². The summed E-state index contributed by atoms with van der Waals surface area (Å²) >= 11 is 0. The van der Waals surface area contributed by atoms with E-state index in [0.717, 1.165) is 6.21 Å². The van der Waals surface area contributed by atoms with Gasteiger partial charge in [-0.2, -0.15) is 0 Å². The Balaban J connectivity index is 3.58. The van der Waals surface area contributed by atoms with Crippen LogP contribution >= 0.6 is 0 Å². The van der Waals surface area contributed by atoms with Gasteiger partial charge in [0.05, 0.1) is 6.04 Å². The molecule has 0 radical (unpaired) electrons. The first kappa shape index (κ1) is 8.26. The minimum Gasteiger partial charge on any atom is -0.328 e. The number of ketones is 1. The molecule has 1 unspecified atom stereocenters. The van der Waals surface area contributed by atoms with Gasteiger partial charge in [-0.3, -0.25) is 4.79 Å². The second kappa shape index (κ2) is 4.17. The molecule has 0 saturated carbocycles. The van der Waals surface area contributed by atoms with Crippen molar-refractivity contribution in [2.75, 3.05) is 6.54 Å². The summed E-state index contributed by atoms with van der Waals surface area (Å²) in [6.07, 6.45) is 1.12. The third-order valence-corrected chi connectivity index (χ3v) is 0.971. The average molecular weight is 129 g/mol. The molecule has 0 rings (SSSR count). The van der Waals surface area contributed by atoms with Crippen LogP contribution < -0.4 is 11.5 Å². The zero-order valence-electron chi connectivity index (χ0n) is 5.13. The number of hydrogen-bond donors (Lipinski definition) is 3. The van der Waals surface area contributed by atoms with Crippen molar-refractivity contribution in [3.8, 4) is 0 Å². The highest BCUT2D eigenvalue weighted by molar-refractivity contribution is 5.94. The van der Waals surface area contributed by atoms with Crippen molar-refractivity contribution in [2.45, 2.75) is 12.5 Å². The molecule has 4 nitrogen and oxygen atoms in total. The van der Waals surface area contributed by atoms with E-state index in [1.165, 1.54) is 0 Å². The maximum Gasteiger partial charge on any atom is 0.156 e. The molecule has 0 aliphatic carbocycles. The van der Waals surface area contributed by atoms with Crippen LogP contribution in [-0.2, 0) is 4.79 Å². The summed E-state index contributed by atoms with van der Waals surface area (Å²) in [5.41, 5.74) is 10.3. The minimum atomic E-state index is -0.591. The average Bonchev–Trinajstić information content (AvgIpc) is 1.87. The maximum atomic E-state index is 10.6. The van der Waals surface area contributed by atoms with E-state index in [1.54, 1.807) is 0 Å². The molecule has 0 aromatic carbocycles. The summed E-state index contributed by atoms with van der Waals surface area (Å²) in [4.78, 5) is 10.6. The van der Waals surface area contributed by atoms with Crippen molar-refractivity contribution in [3.05, 3.63) is 0 Å². The van der Waals surface area contributed by atoms with E-state index >= 15 is 0 Å². The van der Waals surface area contributed by atoms with Gasteiger partial charge in [0.15, 0.2) is 5.78 Å². The Labute approximate surface area is 53.7 Å². The van der Waals surface area contributed by atoms with Gasteiger partial charge < -0.3 is 16.9 Å². The summed E-state index contributed by atoms with van der Waals surface area (Å²) in [6, 6.07) is -0.591. The fourth-order valence-electron chi connectivity index (χ4n) is 0.383. The molecule has 0 spiro atoms. The number of hydrogen-bond acceptors (Lipinski definition) is 4. The molecule has 9 heavy (non-hydrogen) atoms. The molecule has 0 heterocycles. The number of Topliss-reactive ketones (excluding diaryl/α,β-unsaturated/α-hetero) is 1. The van der Waals surface area contributed by atoms with Crippen LogP contribution in [0.2, 0.25) is 0 Å². The molecule has 1 atom stereocenters. The SMILES string of the molecule is N=CCC(=O)C(N)CN. The number of nitrogens with one attached hydrogen (secondary N) is 1. The number of nitrogens with two attached hydrogens (primary N) is 2. The topological polar surface area (TPSA) is 93.0 Å². The van der Waals surface area contributed by atoms with E-state index in [9.17, 15) is 4.79 Å². The van der Waals surface area contributed by atoms with Crippen molar-refractivity contribution >= 4 is 12.0 Å². The van der Waals surface area contributed by atoms with Crippen LogP contribution in [0.3, 0.4) is 0 Å². The predicted molar refractivity (Wildman–Crippen MR) is 35.4 cm³/mol. The van der Waals surface area contributed by atoms with Crippen LogP contribution in [0.1, 0.15) is 6.42 Å². The fraction of sp³-hybridized carbons (Fsp3) is 0.600. The number of carbonyl (C=O) groups is 1. The van der Waals surface area contributed by atoms with Gasteiger partial charge in [-0.15, -0.1) is 0 Å². The Hall–Kier alpha value is -0.740. The van der Waals surface area contributed by atoms with Crippen LogP contribution in [0.4, 0.5) is 0 Å². The van der Waals surface area contributed by atoms with Crippen LogP contribution in [0, 0.1) is 5.41 Å². The van der Waals surface area contributed by atoms with E-state index in [1.807, 2.05) is 0 Å². The van der Waals surface area contributed by atoms with Gasteiger partial charge >= 0.3 is 0 Å². The first-order valence-electron chi connectivity index (χ1n) is 2.69. The Bertz CT molecular complexity index is 113. The van der Waals surface area contributed by atoms with Gasteiger partial charge in [-0.1, -0.05) is 0 Å². The third-order valence-electron chi connectivity index (χ3n) is 0.971. The Morgan fingerprint density at radius 3 is 2.67 bits per heavy atom. The van der Waals surface area contributed by atoms with Gasteiger partial charge in [0.2, 0.25) is 0 Å². The maximum absolute atomic E-state index is 10.6. The molecule has 0 fully saturated rings. The predicted octanol–water partition coefficient (Wildman–Crippen LogP) is -1.12. The summed E-state index contributed by atoms with van der Waals surface area (Å²) in [7, 11) is 0. The van der Waals surface area contributed by atoms with Crippen molar-refractivity contribution in [1.82, 2.24) is 0 Å². The number of carbonyl (C=O) groups excluding carboxylic acids is 1. The molecular weight excluding hydrogens is 118 g/mol. The van der Waals surface area contributed by atoms with E-state index in [-0.39, 0.29) is 18.7 Å². The first-order chi connectivity index (χ1) is 4.22. The first-order valence-corrected chi connectivity index (χ1v) is 2.69. The van der Waals surface area contributed by atoms with Gasteiger partial charge in [-0.05, 0) is 0 Å². The van der Waals surface area contributed by atoms with Crippen molar-refractivity contribution in [2.24, 2.45) is 11.5 Å². The molecule has 52 valence electrons. The summed E-state index contributed by atoms with van der Waals surface area (Å²) in [6.45, 7) is 0.159. The molecule has 0 bridgehead atoms. The zero-order chi connectivity index (χ0) is 7.28. The number of rotatable bonds is 4. The van der Waals surface area contributed by atoms with E-state index in [2.05, 4.69) is 0 Å². The Morgan fingerprint density at radius 2 is 2.33 bits per heavy atom. The monoisotopic (exact) mass is 129 g/mol.